The van der Waals surface area contributed by atoms with Gasteiger partial charge in [-0.3, -0.25) is 18.7 Å². The van der Waals surface area contributed by atoms with Gasteiger partial charge in [-0.1, -0.05) is 12.1 Å². The molecule has 2 aromatic rings. The van der Waals surface area contributed by atoms with Crippen molar-refractivity contribution in [1.82, 2.24) is 9.13 Å². The molecule has 1 aromatic carbocycles. The van der Waals surface area contributed by atoms with Crippen LogP contribution in [-0.4, -0.2) is 15.0 Å². The monoisotopic (exact) mass is 303 g/mol. The first-order valence-corrected chi connectivity index (χ1v) is 6.75. The molecule has 0 aliphatic carbocycles. The number of anilines is 1. The van der Waals surface area contributed by atoms with E-state index in [2.05, 4.69) is 5.32 Å². The van der Waals surface area contributed by atoms with E-state index in [0.717, 1.165) is 4.57 Å². The summed E-state index contributed by atoms with van der Waals surface area (Å²) in [7, 11) is 2.86. The number of halogens is 1. The predicted molar refractivity (Wildman–Crippen MR) is 78.4 cm³/mol. The molecule has 1 amide bonds. The van der Waals surface area contributed by atoms with Gasteiger partial charge in [0, 0.05) is 26.4 Å². The summed E-state index contributed by atoms with van der Waals surface area (Å²) >= 11 is 0. The van der Waals surface area contributed by atoms with Crippen LogP contribution >= 0.6 is 0 Å². The summed E-state index contributed by atoms with van der Waals surface area (Å²) in [4.78, 5) is 36.4. The summed E-state index contributed by atoms with van der Waals surface area (Å²) < 4.78 is 15.7. The van der Waals surface area contributed by atoms with Gasteiger partial charge in [-0.05, 0) is 17.7 Å². The molecule has 3 rings (SSSR count). The summed E-state index contributed by atoms with van der Waals surface area (Å²) in [6.07, 6.45) is 0.0316. The molecule has 1 aliphatic rings. The average molecular weight is 303 g/mol. The summed E-state index contributed by atoms with van der Waals surface area (Å²) in [5, 5.41) is 2.57. The molecule has 0 fully saturated rings. The van der Waals surface area contributed by atoms with Crippen molar-refractivity contribution < 1.29 is 9.18 Å². The largest absolute Gasteiger partial charge is 0.332 e. The molecule has 22 heavy (non-hydrogen) atoms. The number of nitrogens with zero attached hydrogens (tertiary/aromatic N) is 2. The highest BCUT2D eigenvalue weighted by atomic mass is 19.1. The number of nitrogens with one attached hydrogen (secondary N) is 1. The molecule has 1 aliphatic heterocycles. The number of carbonyl (C=O) groups excluding carboxylic acids is 1. The van der Waals surface area contributed by atoms with Crippen molar-refractivity contribution in [3.8, 4) is 0 Å². The highest BCUT2D eigenvalue weighted by Gasteiger charge is 2.32. The fourth-order valence-corrected chi connectivity index (χ4v) is 2.81. The fourth-order valence-electron chi connectivity index (χ4n) is 2.81. The molecule has 0 unspecified atom stereocenters. The number of carbonyl (C=O) groups is 1. The van der Waals surface area contributed by atoms with Gasteiger partial charge in [0.05, 0.1) is 5.56 Å². The SMILES string of the molecule is Cn1c2c(c(=O)n(C)c1=O)[C@H](c1cccc(F)c1)CC(=O)N2. The summed E-state index contributed by atoms with van der Waals surface area (Å²) in [6.45, 7) is 0. The number of rotatable bonds is 1. The van der Waals surface area contributed by atoms with Crippen LogP contribution in [0.4, 0.5) is 10.2 Å². The van der Waals surface area contributed by atoms with Crippen LogP contribution in [0.25, 0.3) is 0 Å². The van der Waals surface area contributed by atoms with E-state index in [4.69, 9.17) is 0 Å². The molecule has 2 heterocycles. The second kappa shape index (κ2) is 4.94. The third-order valence-corrected chi connectivity index (χ3v) is 3.95. The number of fused-ring (bicyclic) bond motifs is 1. The molecular formula is C15H14FN3O3. The smallest absolute Gasteiger partial charge is 0.312 e. The molecule has 0 saturated heterocycles. The zero-order valence-electron chi connectivity index (χ0n) is 12.1. The fraction of sp³-hybridized carbons (Fsp3) is 0.267. The number of hydrogen-bond donors (Lipinski definition) is 1. The summed E-state index contributed by atoms with van der Waals surface area (Å²) in [5.74, 6) is -1.15. The van der Waals surface area contributed by atoms with Crippen molar-refractivity contribution in [3.63, 3.8) is 0 Å². The van der Waals surface area contributed by atoms with E-state index in [9.17, 15) is 18.8 Å². The minimum Gasteiger partial charge on any atom is -0.312 e. The Hall–Kier alpha value is -2.70. The van der Waals surface area contributed by atoms with Gasteiger partial charge in [0.15, 0.2) is 0 Å². The Labute approximate surface area is 124 Å². The summed E-state index contributed by atoms with van der Waals surface area (Å²) in [5.41, 5.74) is -0.169. The van der Waals surface area contributed by atoms with E-state index in [1.54, 1.807) is 6.07 Å². The molecule has 0 saturated carbocycles. The number of hydrogen-bond acceptors (Lipinski definition) is 3. The second-order valence-electron chi connectivity index (χ2n) is 5.33. The van der Waals surface area contributed by atoms with Crippen LogP contribution in [0.2, 0.25) is 0 Å². The molecule has 0 radical (unpaired) electrons. The zero-order valence-corrected chi connectivity index (χ0v) is 12.1. The molecule has 6 nitrogen and oxygen atoms in total. The standard InChI is InChI=1S/C15H14FN3O3/c1-18-13-12(14(21)19(2)15(18)22)10(7-11(20)17-13)8-4-3-5-9(16)6-8/h3-6,10H,7H2,1-2H3,(H,17,20)/t10-/m0/s1. The third kappa shape index (κ3) is 2.05. The van der Waals surface area contributed by atoms with E-state index in [1.165, 1.54) is 36.9 Å². The lowest BCUT2D eigenvalue weighted by molar-refractivity contribution is -0.116. The molecule has 0 spiro atoms. The van der Waals surface area contributed by atoms with Gasteiger partial charge in [-0.2, -0.15) is 0 Å². The van der Waals surface area contributed by atoms with Gasteiger partial charge < -0.3 is 5.32 Å². The first-order chi connectivity index (χ1) is 10.4. The van der Waals surface area contributed by atoms with E-state index >= 15 is 0 Å². The third-order valence-electron chi connectivity index (χ3n) is 3.95. The highest BCUT2D eigenvalue weighted by molar-refractivity contribution is 5.94. The minimum atomic E-state index is -0.579. The van der Waals surface area contributed by atoms with Crippen LogP contribution in [0.5, 0.6) is 0 Å². The number of benzene rings is 1. The lowest BCUT2D eigenvalue weighted by Gasteiger charge is -2.27. The van der Waals surface area contributed by atoms with Gasteiger partial charge >= 0.3 is 5.69 Å². The van der Waals surface area contributed by atoms with Crippen LogP contribution in [0.3, 0.4) is 0 Å². The van der Waals surface area contributed by atoms with E-state index < -0.39 is 23.0 Å². The number of amides is 1. The van der Waals surface area contributed by atoms with E-state index in [0.29, 0.717) is 11.1 Å². The topological polar surface area (TPSA) is 73.1 Å². The quantitative estimate of drug-likeness (QED) is 0.842. The van der Waals surface area contributed by atoms with Crippen molar-refractivity contribution in [2.75, 3.05) is 5.32 Å². The Kier molecular flexibility index (Phi) is 3.20. The lowest BCUT2D eigenvalue weighted by atomic mass is 9.86. The maximum absolute atomic E-state index is 13.5. The Bertz CT molecular complexity index is 898. The molecule has 1 atom stereocenters. The highest BCUT2D eigenvalue weighted by Crippen LogP contribution is 2.34. The first-order valence-electron chi connectivity index (χ1n) is 6.75. The zero-order chi connectivity index (χ0) is 16.0. The number of aromatic nitrogens is 2. The van der Waals surface area contributed by atoms with Crippen molar-refractivity contribution in [2.45, 2.75) is 12.3 Å². The van der Waals surface area contributed by atoms with Crippen LogP contribution < -0.4 is 16.6 Å². The van der Waals surface area contributed by atoms with Gasteiger partial charge in [-0.25, -0.2) is 9.18 Å². The van der Waals surface area contributed by atoms with Crippen molar-refractivity contribution in [1.29, 1.82) is 0 Å². The van der Waals surface area contributed by atoms with Gasteiger partial charge in [0.1, 0.15) is 11.6 Å². The molecule has 114 valence electrons. The molecule has 1 aromatic heterocycles. The van der Waals surface area contributed by atoms with E-state index in [1.807, 2.05) is 0 Å². The molecule has 1 N–H and O–H groups in total. The van der Waals surface area contributed by atoms with Crippen molar-refractivity contribution >= 4 is 11.7 Å². The maximum Gasteiger partial charge on any atom is 0.332 e. The Balaban J connectivity index is 2.33. The first kappa shape index (κ1) is 14.2. The van der Waals surface area contributed by atoms with Crippen LogP contribution in [0.1, 0.15) is 23.5 Å². The van der Waals surface area contributed by atoms with E-state index in [-0.39, 0.29) is 18.1 Å². The normalized spacial score (nSPS) is 17.0. The predicted octanol–water partition coefficient (Wildman–Crippen LogP) is 0.697. The van der Waals surface area contributed by atoms with Crippen LogP contribution in [0.15, 0.2) is 33.9 Å². The van der Waals surface area contributed by atoms with Crippen molar-refractivity contribution in [3.05, 3.63) is 62.0 Å². The van der Waals surface area contributed by atoms with Gasteiger partial charge in [0.2, 0.25) is 5.91 Å². The van der Waals surface area contributed by atoms with Crippen LogP contribution in [-0.2, 0) is 18.9 Å². The second-order valence-corrected chi connectivity index (χ2v) is 5.33. The van der Waals surface area contributed by atoms with Gasteiger partial charge in [0.25, 0.3) is 5.56 Å². The minimum absolute atomic E-state index is 0.0316. The van der Waals surface area contributed by atoms with Gasteiger partial charge in [-0.15, -0.1) is 0 Å². The van der Waals surface area contributed by atoms with Crippen LogP contribution in [0, 0.1) is 5.82 Å². The Morgan fingerprint density at radius 3 is 2.59 bits per heavy atom. The molecular weight excluding hydrogens is 289 g/mol. The summed E-state index contributed by atoms with van der Waals surface area (Å²) in [6, 6.07) is 5.80. The molecule has 0 bridgehead atoms. The van der Waals surface area contributed by atoms with Crippen molar-refractivity contribution in [2.24, 2.45) is 14.1 Å². The Morgan fingerprint density at radius 1 is 1.18 bits per heavy atom. The lowest BCUT2D eigenvalue weighted by Crippen LogP contribution is -2.44. The Morgan fingerprint density at radius 2 is 1.91 bits per heavy atom. The maximum atomic E-state index is 13.5. The average Bonchev–Trinajstić information content (AvgIpc) is 2.50. The molecule has 7 heteroatoms.